The minimum atomic E-state index is -0.237. The van der Waals surface area contributed by atoms with Crippen LogP contribution in [0.15, 0.2) is 47.2 Å². The number of rotatable bonds is 6. The second kappa shape index (κ2) is 9.28. The lowest BCUT2D eigenvalue weighted by Gasteiger charge is -2.56. The fourth-order valence-corrected chi connectivity index (χ4v) is 6.10. The third-order valence-corrected chi connectivity index (χ3v) is 9.07. The molecule has 3 amide bonds. The van der Waals surface area contributed by atoms with Crippen molar-refractivity contribution in [3.05, 3.63) is 59.7 Å². The van der Waals surface area contributed by atoms with Crippen LogP contribution in [0.3, 0.4) is 0 Å². The van der Waals surface area contributed by atoms with Crippen molar-refractivity contribution in [2.24, 2.45) is 5.41 Å². The fourth-order valence-electron chi connectivity index (χ4n) is 6.10. The molecule has 4 aliphatic rings. The number of carbonyl (C=O) groups is 2. The highest BCUT2D eigenvalue weighted by Gasteiger charge is 2.49. The Labute approximate surface area is 242 Å². The SMILES string of the molecule is Cc1ccc(-c2noc(C3CN(C(=O)N(C)C4CC4)C3)n2)cc1NC(=O)c1cnn2ccc(N3CC4(COC4)C3)cc12. The van der Waals surface area contributed by atoms with Gasteiger partial charge in [0, 0.05) is 62.4 Å². The number of fused-ring (bicyclic) bond motifs is 1. The Morgan fingerprint density at radius 3 is 2.67 bits per heavy atom. The van der Waals surface area contributed by atoms with E-state index >= 15 is 0 Å². The van der Waals surface area contributed by atoms with Crippen LogP contribution >= 0.6 is 0 Å². The second-order valence-corrected chi connectivity index (χ2v) is 12.3. The van der Waals surface area contributed by atoms with Gasteiger partial charge in [0.25, 0.3) is 5.91 Å². The number of urea groups is 1. The molecule has 3 aliphatic heterocycles. The summed E-state index contributed by atoms with van der Waals surface area (Å²) in [5.41, 5.74) is 4.95. The first-order chi connectivity index (χ1) is 20.4. The molecule has 12 heteroatoms. The van der Waals surface area contributed by atoms with Crippen LogP contribution in [0, 0.1) is 12.3 Å². The zero-order valence-electron chi connectivity index (χ0n) is 23.6. The molecule has 1 N–H and O–H groups in total. The number of likely N-dealkylation sites (tertiary alicyclic amines) is 1. The summed E-state index contributed by atoms with van der Waals surface area (Å²) in [6.45, 7) is 6.68. The molecule has 8 rings (SSSR count). The number of amides is 3. The number of aromatic nitrogens is 4. The van der Waals surface area contributed by atoms with E-state index in [-0.39, 0.29) is 17.9 Å². The van der Waals surface area contributed by atoms with E-state index in [9.17, 15) is 9.59 Å². The molecule has 12 nitrogen and oxygen atoms in total. The largest absolute Gasteiger partial charge is 0.380 e. The number of anilines is 2. The van der Waals surface area contributed by atoms with Crippen molar-refractivity contribution in [3.8, 4) is 11.4 Å². The number of nitrogens with zero attached hydrogens (tertiary/aromatic N) is 7. The zero-order valence-corrected chi connectivity index (χ0v) is 23.6. The number of hydrogen-bond acceptors (Lipinski definition) is 8. The van der Waals surface area contributed by atoms with Gasteiger partial charge in [0.05, 0.1) is 41.8 Å². The van der Waals surface area contributed by atoms with Gasteiger partial charge in [-0.05, 0) is 43.5 Å². The Hall–Kier alpha value is -4.45. The van der Waals surface area contributed by atoms with Crippen molar-refractivity contribution in [1.29, 1.82) is 0 Å². The van der Waals surface area contributed by atoms with E-state index in [0.29, 0.717) is 47.5 Å². The first-order valence-electron chi connectivity index (χ1n) is 14.4. The van der Waals surface area contributed by atoms with Crippen LogP contribution < -0.4 is 10.2 Å². The second-order valence-electron chi connectivity index (χ2n) is 12.3. The molecule has 0 unspecified atom stereocenters. The van der Waals surface area contributed by atoms with Gasteiger partial charge in [0.2, 0.25) is 11.7 Å². The van der Waals surface area contributed by atoms with Crippen LogP contribution in [0.2, 0.25) is 0 Å². The summed E-state index contributed by atoms with van der Waals surface area (Å²) >= 11 is 0. The van der Waals surface area contributed by atoms with E-state index in [1.807, 2.05) is 60.3 Å². The summed E-state index contributed by atoms with van der Waals surface area (Å²) in [7, 11) is 1.87. The number of hydrogen-bond donors (Lipinski definition) is 1. The fraction of sp³-hybridized carbons (Fsp3) is 0.433. The van der Waals surface area contributed by atoms with Crippen molar-refractivity contribution < 1.29 is 18.8 Å². The summed E-state index contributed by atoms with van der Waals surface area (Å²) in [6.07, 6.45) is 5.67. The summed E-state index contributed by atoms with van der Waals surface area (Å²) in [5, 5.41) is 11.7. The lowest BCUT2D eigenvalue weighted by molar-refractivity contribution is -0.127. The van der Waals surface area contributed by atoms with Crippen molar-refractivity contribution in [2.75, 3.05) is 56.7 Å². The first-order valence-corrected chi connectivity index (χ1v) is 14.4. The quantitative estimate of drug-likeness (QED) is 0.376. The van der Waals surface area contributed by atoms with Gasteiger partial charge in [0.1, 0.15) is 0 Å². The van der Waals surface area contributed by atoms with Gasteiger partial charge in [-0.3, -0.25) is 4.79 Å². The Morgan fingerprint density at radius 2 is 1.93 bits per heavy atom. The minimum Gasteiger partial charge on any atom is -0.380 e. The predicted octanol–water partition coefficient (Wildman–Crippen LogP) is 3.40. The van der Waals surface area contributed by atoms with E-state index in [0.717, 1.165) is 61.5 Å². The molecule has 0 radical (unpaired) electrons. The van der Waals surface area contributed by atoms with Gasteiger partial charge in [-0.25, -0.2) is 9.31 Å². The Bertz CT molecular complexity index is 1710. The molecule has 4 aromatic rings. The maximum atomic E-state index is 13.5. The van der Waals surface area contributed by atoms with Crippen molar-refractivity contribution >= 4 is 28.8 Å². The smallest absolute Gasteiger partial charge is 0.320 e. The lowest BCUT2D eigenvalue weighted by Crippen LogP contribution is -2.66. The van der Waals surface area contributed by atoms with Gasteiger partial charge in [-0.1, -0.05) is 17.3 Å². The summed E-state index contributed by atoms with van der Waals surface area (Å²) in [5.74, 6) is 0.760. The van der Waals surface area contributed by atoms with Crippen LogP contribution in [0.1, 0.15) is 40.6 Å². The Kier molecular flexibility index (Phi) is 5.58. The van der Waals surface area contributed by atoms with E-state index in [1.165, 1.54) is 0 Å². The Balaban J connectivity index is 0.959. The van der Waals surface area contributed by atoms with Crippen molar-refractivity contribution in [2.45, 2.75) is 31.7 Å². The maximum Gasteiger partial charge on any atom is 0.320 e. The van der Waals surface area contributed by atoms with Crippen LogP contribution in [-0.2, 0) is 4.74 Å². The number of pyridine rings is 1. The van der Waals surface area contributed by atoms with Gasteiger partial charge in [-0.15, -0.1) is 0 Å². The molecule has 0 bridgehead atoms. The molecule has 6 heterocycles. The van der Waals surface area contributed by atoms with Crippen LogP contribution in [0.5, 0.6) is 0 Å². The average molecular weight is 569 g/mol. The third-order valence-electron chi connectivity index (χ3n) is 9.07. The van der Waals surface area contributed by atoms with Crippen LogP contribution in [0.4, 0.5) is 16.2 Å². The van der Waals surface area contributed by atoms with Gasteiger partial charge in [0.15, 0.2) is 0 Å². The van der Waals surface area contributed by atoms with E-state index in [4.69, 9.17) is 9.26 Å². The van der Waals surface area contributed by atoms with Crippen molar-refractivity contribution in [3.63, 3.8) is 0 Å². The molecule has 1 spiro atoms. The maximum absolute atomic E-state index is 13.5. The number of ether oxygens (including phenoxy) is 1. The highest BCUT2D eigenvalue weighted by Crippen LogP contribution is 2.40. The van der Waals surface area contributed by atoms with E-state index in [1.54, 1.807) is 10.7 Å². The van der Waals surface area contributed by atoms with Crippen LogP contribution in [0.25, 0.3) is 16.9 Å². The van der Waals surface area contributed by atoms with Gasteiger partial charge in [-0.2, -0.15) is 10.1 Å². The number of carbonyl (C=O) groups excluding carboxylic acids is 2. The molecule has 3 saturated heterocycles. The lowest BCUT2D eigenvalue weighted by atomic mass is 9.78. The molecular weight excluding hydrogens is 536 g/mol. The standard InChI is InChI=1S/C30H32N8O4/c1-18-3-4-19(26-33-28(42-34-26)20-12-36(13-20)29(40)35(2)21-5-6-21)9-24(18)32-27(39)23-11-31-38-8-7-22(10-25(23)38)37-14-30(15-37)16-41-17-30/h3-4,7-11,20-21H,5-6,12-17H2,1-2H3,(H,32,39). The first kappa shape index (κ1) is 25.3. The molecule has 42 heavy (non-hydrogen) atoms. The summed E-state index contributed by atoms with van der Waals surface area (Å²) < 4.78 is 12.7. The summed E-state index contributed by atoms with van der Waals surface area (Å²) in [4.78, 5) is 36.6. The molecule has 1 aromatic carbocycles. The predicted molar refractivity (Wildman–Crippen MR) is 154 cm³/mol. The van der Waals surface area contributed by atoms with E-state index in [2.05, 4.69) is 25.5 Å². The topological polar surface area (TPSA) is 121 Å². The molecule has 3 aromatic heterocycles. The monoisotopic (exact) mass is 568 g/mol. The molecule has 216 valence electrons. The zero-order chi connectivity index (χ0) is 28.6. The minimum absolute atomic E-state index is 0.0248. The average Bonchev–Trinajstić information content (AvgIpc) is 3.50. The summed E-state index contributed by atoms with van der Waals surface area (Å²) in [6, 6.07) is 10.2. The van der Waals surface area contributed by atoms with Crippen molar-refractivity contribution in [1.82, 2.24) is 29.6 Å². The number of aryl methyl sites for hydroxylation is 1. The van der Waals surface area contributed by atoms with Gasteiger partial charge >= 0.3 is 6.03 Å². The highest BCUT2D eigenvalue weighted by atomic mass is 16.5. The normalized spacial score (nSPS) is 19.4. The highest BCUT2D eigenvalue weighted by molar-refractivity contribution is 6.09. The molecule has 4 fully saturated rings. The van der Waals surface area contributed by atoms with Gasteiger partial charge < -0.3 is 29.3 Å². The molecule has 1 saturated carbocycles. The number of nitrogens with one attached hydrogen (secondary N) is 1. The molecule has 0 atom stereocenters. The van der Waals surface area contributed by atoms with Crippen LogP contribution in [-0.4, -0.2) is 94.0 Å². The molecule has 1 aliphatic carbocycles. The number of benzene rings is 1. The molecular formula is C30H32N8O4. The Morgan fingerprint density at radius 1 is 1.12 bits per heavy atom. The third kappa shape index (κ3) is 4.20. The van der Waals surface area contributed by atoms with E-state index < -0.39 is 0 Å².